The van der Waals surface area contributed by atoms with Crippen LogP contribution in [-0.4, -0.2) is 21.1 Å². The molecule has 0 amide bonds. The highest BCUT2D eigenvalue weighted by molar-refractivity contribution is 7.22. The third kappa shape index (κ3) is 5.22. The lowest BCUT2D eigenvalue weighted by Crippen LogP contribution is -2.77. The average molecular weight is 788 g/mol. The van der Waals surface area contributed by atoms with Gasteiger partial charge in [-0.15, -0.1) is 0 Å². The van der Waals surface area contributed by atoms with Crippen LogP contribution in [0.1, 0.15) is 5.56 Å². The monoisotopic (exact) mass is 787 g/mol. The number of aryl methyl sites for hydroxylation is 1. The van der Waals surface area contributed by atoms with Crippen molar-refractivity contribution in [3.8, 4) is 0 Å². The number of rotatable bonds is 6. The van der Waals surface area contributed by atoms with E-state index in [1.165, 1.54) is 64.2 Å². The Morgan fingerprint density at radius 3 is 0.814 bits per heavy atom. The van der Waals surface area contributed by atoms with Crippen LogP contribution in [0.25, 0.3) is 0 Å². The molecule has 2 aliphatic rings. The standard InChI is InChI=1S/C54H41N3Si2/c1-40-38-53(56-45-30-14-18-34-49(45)58(41-22-6-2-7-23-41,42-24-8-3-9-25-42)50-35-19-15-31-46(50)56)55-54(39-40)57-47-32-16-20-36-51(47)59(43-26-10-4-11-27-43,44-28-12-5-13-29-44)52-37-21-17-33-48(52)57/h2-39H,1H3. The minimum absolute atomic E-state index is 0.902. The lowest BCUT2D eigenvalue weighted by atomic mass is 10.1. The van der Waals surface area contributed by atoms with Crippen LogP contribution >= 0.6 is 0 Å². The van der Waals surface area contributed by atoms with Gasteiger partial charge >= 0.3 is 0 Å². The first-order chi connectivity index (χ1) is 29.2. The fourth-order valence-electron chi connectivity index (χ4n) is 10.2. The third-order valence-electron chi connectivity index (χ3n) is 12.4. The number of hydrogen-bond acceptors (Lipinski definition) is 3. The Balaban J connectivity index is 1.16. The minimum atomic E-state index is -2.76. The molecule has 8 aromatic carbocycles. The summed E-state index contributed by atoms with van der Waals surface area (Å²) < 4.78 is 0. The molecule has 0 bridgehead atoms. The molecule has 0 radical (unpaired) electrons. The molecule has 0 spiro atoms. The van der Waals surface area contributed by atoms with Gasteiger partial charge in [0.15, 0.2) is 16.1 Å². The summed E-state index contributed by atoms with van der Waals surface area (Å²) in [5.41, 5.74) is 5.85. The molecule has 3 heterocycles. The fraction of sp³-hybridized carbons (Fsp3) is 0.0185. The highest BCUT2D eigenvalue weighted by atomic mass is 28.3. The van der Waals surface area contributed by atoms with Gasteiger partial charge < -0.3 is 0 Å². The molecule has 2 aliphatic heterocycles. The molecular weight excluding hydrogens is 747 g/mol. The Kier molecular flexibility index (Phi) is 8.39. The van der Waals surface area contributed by atoms with E-state index in [9.17, 15) is 0 Å². The van der Waals surface area contributed by atoms with Crippen LogP contribution in [-0.2, 0) is 0 Å². The Bertz CT molecular complexity index is 2590. The fourth-order valence-corrected chi connectivity index (χ4v) is 20.4. The summed E-state index contributed by atoms with van der Waals surface area (Å²) in [6.45, 7) is 2.21. The van der Waals surface area contributed by atoms with E-state index in [0.29, 0.717) is 0 Å². The van der Waals surface area contributed by atoms with E-state index in [0.717, 1.165) is 17.2 Å². The van der Waals surface area contributed by atoms with Gasteiger partial charge in [-0.25, -0.2) is 4.98 Å². The summed E-state index contributed by atoms with van der Waals surface area (Å²) in [6.07, 6.45) is 0. The molecule has 0 fully saturated rings. The highest BCUT2D eigenvalue weighted by Crippen LogP contribution is 2.42. The smallest absolute Gasteiger partial charge is 0.184 e. The van der Waals surface area contributed by atoms with Gasteiger partial charge in [0.2, 0.25) is 0 Å². The molecule has 0 saturated heterocycles. The second kappa shape index (κ2) is 14.1. The van der Waals surface area contributed by atoms with Crippen molar-refractivity contribution in [1.82, 2.24) is 4.98 Å². The Labute approximate surface area is 348 Å². The van der Waals surface area contributed by atoms with Gasteiger partial charge in [0, 0.05) is 22.7 Å². The summed E-state index contributed by atoms with van der Waals surface area (Å²) in [5, 5.41) is 10.9. The van der Waals surface area contributed by atoms with Gasteiger partial charge in [-0.05, 0) is 90.4 Å². The van der Waals surface area contributed by atoms with Crippen LogP contribution in [0.4, 0.5) is 34.4 Å². The van der Waals surface area contributed by atoms with E-state index in [-0.39, 0.29) is 0 Å². The highest BCUT2D eigenvalue weighted by Gasteiger charge is 2.50. The second-order valence-corrected chi connectivity index (χ2v) is 23.0. The van der Waals surface area contributed by atoms with E-state index in [4.69, 9.17) is 4.98 Å². The van der Waals surface area contributed by atoms with Crippen molar-refractivity contribution in [1.29, 1.82) is 0 Å². The second-order valence-electron chi connectivity index (χ2n) is 15.6. The Morgan fingerprint density at radius 1 is 0.305 bits per heavy atom. The Hall–Kier alpha value is -7.06. The average Bonchev–Trinajstić information content (AvgIpc) is 3.31. The molecule has 0 atom stereocenters. The SMILES string of the molecule is Cc1cc(N2c3ccccc3[Si](c3ccccc3)(c3ccccc3)c3ccccc32)nc(N2c3ccccc3[Si](c3ccccc3)(c3ccccc3)c3ccccc32)c1. The van der Waals surface area contributed by atoms with Crippen molar-refractivity contribution in [3.63, 3.8) is 0 Å². The van der Waals surface area contributed by atoms with E-state index >= 15 is 0 Å². The van der Waals surface area contributed by atoms with Crippen LogP contribution in [0.5, 0.6) is 0 Å². The van der Waals surface area contributed by atoms with Gasteiger partial charge in [-0.1, -0.05) is 194 Å². The molecular formula is C54H41N3Si2. The maximum atomic E-state index is 5.75. The molecule has 11 rings (SSSR count). The normalized spacial score (nSPS) is 14.4. The van der Waals surface area contributed by atoms with Crippen molar-refractivity contribution in [2.24, 2.45) is 0 Å². The number of benzene rings is 8. The molecule has 3 nitrogen and oxygen atoms in total. The molecule has 0 N–H and O–H groups in total. The van der Waals surface area contributed by atoms with Gasteiger partial charge in [0.05, 0.1) is 0 Å². The summed E-state index contributed by atoms with van der Waals surface area (Å²) in [4.78, 5) is 10.6. The summed E-state index contributed by atoms with van der Waals surface area (Å²) >= 11 is 0. The zero-order valence-corrected chi connectivity index (χ0v) is 34.8. The number of aromatic nitrogens is 1. The van der Waals surface area contributed by atoms with Crippen molar-refractivity contribution in [2.75, 3.05) is 9.80 Å². The number of fused-ring (bicyclic) bond motifs is 4. The van der Waals surface area contributed by atoms with Crippen molar-refractivity contribution in [2.45, 2.75) is 6.92 Å². The largest absolute Gasteiger partial charge is 0.295 e. The number of para-hydroxylation sites is 4. The van der Waals surface area contributed by atoms with E-state index < -0.39 is 16.1 Å². The van der Waals surface area contributed by atoms with E-state index in [2.05, 4.69) is 247 Å². The summed E-state index contributed by atoms with van der Waals surface area (Å²) in [6, 6.07) is 85.6. The van der Waals surface area contributed by atoms with Crippen molar-refractivity contribution >= 4 is 92.0 Å². The quantitative estimate of drug-likeness (QED) is 0.161. The van der Waals surface area contributed by atoms with Crippen LogP contribution in [0.2, 0.25) is 0 Å². The first kappa shape index (κ1) is 35.1. The molecule has 59 heavy (non-hydrogen) atoms. The van der Waals surface area contributed by atoms with E-state index in [1.54, 1.807) is 0 Å². The van der Waals surface area contributed by atoms with Gasteiger partial charge in [-0.3, -0.25) is 9.80 Å². The van der Waals surface area contributed by atoms with Gasteiger partial charge in [0.25, 0.3) is 0 Å². The summed E-state index contributed by atoms with van der Waals surface area (Å²) in [5.74, 6) is 1.80. The molecule has 0 unspecified atom stereocenters. The van der Waals surface area contributed by atoms with Crippen LogP contribution in [0.3, 0.4) is 0 Å². The van der Waals surface area contributed by atoms with Crippen LogP contribution < -0.4 is 51.3 Å². The zero-order chi connectivity index (χ0) is 39.4. The van der Waals surface area contributed by atoms with E-state index in [1.807, 2.05) is 0 Å². The number of anilines is 6. The molecule has 0 saturated carbocycles. The van der Waals surface area contributed by atoms with Crippen LogP contribution in [0, 0.1) is 6.92 Å². The minimum Gasteiger partial charge on any atom is -0.295 e. The molecule has 280 valence electrons. The maximum Gasteiger partial charge on any atom is 0.184 e. The zero-order valence-electron chi connectivity index (χ0n) is 32.8. The maximum absolute atomic E-state index is 5.75. The van der Waals surface area contributed by atoms with Gasteiger partial charge in [-0.2, -0.15) is 0 Å². The first-order valence-corrected chi connectivity index (χ1v) is 24.4. The lowest BCUT2D eigenvalue weighted by molar-refractivity contribution is 1.12. The lowest BCUT2D eigenvalue weighted by Gasteiger charge is -2.45. The van der Waals surface area contributed by atoms with Crippen LogP contribution in [0.15, 0.2) is 231 Å². The molecule has 1 aromatic heterocycles. The molecule has 5 heteroatoms. The Morgan fingerprint density at radius 2 is 0.542 bits per heavy atom. The number of nitrogens with zero attached hydrogens (tertiary/aromatic N) is 3. The van der Waals surface area contributed by atoms with Crippen molar-refractivity contribution in [3.05, 3.63) is 236 Å². The third-order valence-corrected chi connectivity index (χ3v) is 22.1. The molecule has 9 aromatic rings. The van der Waals surface area contributed by atoms with Crippen molar-refractivity contribution < 1.29 is 0 Å². The predicted molar refractivity (Wildman–Crippen MR) is 253 cm³/mol. The number of hydrogen-bond donors (Lipinski definition) is 0. The number of pyridine rings is 1. The first-order valence-electron chi connectivity index (χ1n) is 20.4. The topological polar surface area (TPSA) is 19.4 Å². The summed E-state index contributed by atoms with van der Waals surface area (Å²) in [7, 11) is -5.52. The van der Waals surface area contributed by atoms with Gasteiger partial charge in [0.1, 0.15) is 11.6 Å². The predicted octanol–water partition coefficient (Wildman–Crippen LogP) is 7.71. The molecule has 0 aliphatic carbocycles.